The Hall–Kier alpha value is -1.96. The summed E-state index contributed by atoms with van der Waals surface area (Å²) >= 11 is 0. The van der Waals surface area contributed by atoms with Gasteiger partial charge in [0.05, 0.1) is 10.6 Å². The van der Waals surface area contributed by atoms with Gasteiger partial charge in [-0.1, -0.05) is 27.7 Å². The molecule has 0 fully saturated rings. The van der Waals surface area contributed by atoms with E-state index in [0.29, 0.717) is 31.9 Å². The van der Waals surface area contributed by atoms with E-state index in [1.807, 2.05) is 37.0 Å². The molecule has 0 aliphatic rings. The van der Waals surface area contributed by atoms with Gasteiger partial charge in [-0.2, -0.15) is 5.10 Å². The van der Waals surface area contributed by atoms with Gasteiger partial charge in [0.15, 0.2) is 0 Å². The van der Waals surface area contributed by atoms with Crippen molar-refractivity contribution in [1.82, 2.24) is 9.34 Å². The van der Waals surface area contributed by atoms with Crippen LogP contribution in [0.2, 0.25) is 0 Å². The molecule has 0 atom stereocenters. The molecule has 0 saturated heterocycles. The predicted octanol–water partition coefficient (Wildman–Crippen LogP) is 3.11. The summed E-state index contributed by atoms with van der Waals surface area (Å²) in [6.45, 7) is 10.0. The van der Waals surface area contributed by atoms with Crippen molar-refractivity contribution in [3.8, 4) is 0 Å². The molecule has 0 radical (unpaired) electrons. The maximum Gasteiger partial charge on any atom is 0.281 e. The van der Waals surface area contributed by atoms with Crippen LogP contribution >= 0.6 is 7.44 Å². The van der Waals surface area contributed by atoms with Crippen molar-refractivity contribution in [3.05, 3.63) is 34.4 Å². The Bertz CT molecular complexity index is 625. The van der Waals surface area contributed by atoms with Gasteiger partial charge in [0.25, 0.3) is 13.1 Å². The fourth-order valence-corrected chi connectivity index (χ4v) is 5.18. The van der Waals surface area contributed by atoms with E-state index >= 15 is 0 Å². The molecule has 10 heteroatoms. The van der Waals surface area contributed by atoms with E-state index < -0.39 is 12.4 Å². The molecule has 1 aromatic carbocycles. The number of nitro groups is 1. The Labute approximate surface area is 148 Å². The van der Waals surface area contributed by atoms with Crippen molar-refractivity contribution < 1.29 is 9.49 Å². The summed E-state index contributed by atoms with van der Waals surface area (Å²) in [5, 5.41) is 14.8. The van der Waals surface area contributed by atoms with Gasteiger partial charge in [-0.15, -0.1) is 0 Å². The summed E-state index contributed by atoms with van der Waals surface area (Å²) in [4.78, 5) is 10.2. The topological polar surface area (TPSA) is 117 Å². The lowest BCUT2D eigenvalue weighted by Crippen LogP contribution is -2.38. The second kappa shape index (κ2) is 9.50. The zero-order chi connectivity index (χ0) is 19.0. The maximum atomic E-state index is 13.7. The molecule has 0 spiro atoms. The Morgan fingerprint density at radius 3 is 1.92 bits per heavy atom. The van der Waals surface area contributed by atoms with E-state index in [2.05, 4.69) is 10.5 Å². The zero-order valence-corrected chi connectivity index (χ0v) is 16.1. The minimum absolute atomic E-state index is 0.0123. The second-order valence-corrected chi connectivity index (χ2v) is 7.89. The van der Waals surface area contributed by atoms with Crippen LogP contribution in [-0.4, -0.2) is 46.0 Å². The van der Waals surface area contributed by atoms with Crippen LogP contribution in [0.1, 0.15) is 27.7 Å². The highest BCUT2D eigenvalue weighted by Gasteiger charge is 2.38. The van der Waals surface area contributed by atoms with E-state index in [-0.39, 0.29) is 11.3 Å². The molecule has 0 unspecified atom stereocenters. The van der Waals surface area contributed by atoms with Gasteiger partial charge < -0.3 is 5.73 Å². The quantitative estimate of drug-likeness (QED) is 0.214. The average molecular weight is 370 g/mol. The van der Waals surface area contributed by atoms with Crippen LogP contribution in [0.3, 0.4) is 0 Å². The highest BCUT2D eigenvalue weighted by molar-refractivity contribution is 7.76. The van der Waals surface area contributed by atoms with Crippen LogP contribution in [0, 0.1) is 10.1 Å². The Morgan fingerprint density at radius 1 is 1.12 bits per heavy atom. The Balaban J connectivity index is 3.11. The molecule has 140 valence electrons. The molecule has 0 aliphatic carbocycles. The van der Waals surface area contributed by atoms with Crippen molar-refractivity contribution in [2.75, 3.05) is 31.6 Å². The van der Waals surface area contributed by atoms with Gasteiger partial charge in [-0.05, 0) is 12.1 Å². The van der Waals surface area contributed by atoms with E-state index in [0.717, 1.165) is 0 Å². The number of non-ortho nitro benzene ring substituents is 1. The maximum absolute atomic E-state index is 13.7. The molecule has 0 bridgehead atoms. The van der Waals surface area contributed by atoms with E-state index in [1.54, 1.807) is 0 Å². The number of amidine groups is 1. The molecule has 0 saturated carbocycles. The lowest BCUT2D eigenvalue weighted by atomic mass is 10.3. The zero-order valence-electron chi connectivity index (χ0n) is 15.2. The molecular formula is C15H27N6O3P. The van der Waals surface area contributed by atoms with Crippen LogP contribution in [0.4, 0.5) is 11.4 Å². The average Bonchev–Trinajstić information content (AvgIpc) is 2.61. The fourth-order valence-electron chi connectivity index (χ4n) is 2.53. The van der Waals surface area contributed by atoms with Crippen LogP contribution in [0.15, 0.2) is 29.4 Å². The molecule has 25 heavy (non-hydrogen) atoms. The predicted molar refractivity (Wildman–Crippen MR) is 102 cm³/mol. The van der Waals surface area contributed by atoms with Crippen LogP contribution in [-0.2, 0) is 4.57 Å². The number of rotatable bonds is 10. The molecule has 9 nitrogen and oxygen atoms in total. The highest BCUT2D eigenvalue weighted by atomic mass is 31.2. The number of anilines is 1. The third kappa shape index (κ3) is 4.78. The van der Waals surface area contributed by atoms with Gasteiger partial charge in [0, 0.05) is 38.3 Å². The minimum Gasteiger partial charge on any atom is -0.377 e. The molecule has 0 aromatic heterocycles. The molecule has 1 aromatic rings. The standard InChI is InChI=1S/C15H27N6O3P/c1-5-19(6-2)25(24,20(7-3)8-4)15(16)18-17-13-9-11-14(12-10-13)21(22)23/h9-12,17H,5-8H2,1-4H3,(H2,16,18). The number of nitro benzene ring substituents is 1. The van der Waals surface area contributed by atoms with E-state index in [9.17, 15) is 14.7 Å². The summed E-state index contributed by atoms with van der Waals surface area (Å²) in [7, 11) is -3.17. The summed E-state index contributed by atoms with van der Waals surface area (Å²) in [6, 6.07) is 5.77. The van der Waals surface area contributed by atoms with Gasteiger partial charge >= 0.3 is 0 Å². The van der Waals surface area contributed by atoms with Crippen molar-refractivity contribution >= 4 is 24.4 Å². The molecule has 0 aliphatic heterocycles. The number of hydrogen-bond acceptors (Lipinski definition) is 5. The van der Waals surface area contributed by atoms with E-state index in [4.69, 9.17) is 5.73 Å². The molecule has 3 N–H and O–H groups in total. The van der Waals surface area contributed by atoms with E-state index in [1.165, 1.54) is 24.3 Å². The third-order valence-electron chi connectivity index (χ3n) is 3.90. The molecular weight excluding hydrogens is 343 g/mol. The number of nitrogens with one attached hydrogen (secondary N) is 1. The molecule has 0 heterocycles. The molecule has 0 amide bonds. The summed E-state index contributed by atoms with van der Waals surface area (Å²) in [5.41, 5.74) is 9.38. The number of benzene rings is 1. The smallest absolute Gasteiger partial charge is 0.281 e. The minimum atomic E-state index is -3.17. The Morgan fingerprint density at radius 2 is 1.56 bits per heavy atom. The first-order valence-electron chi connectivity index (χ1n) is 8.30. The van der Waals surface area contributed by atoms with Crippen molar-refractivity contribution in [1.29, 1.82) is 0 Å². The third-order valence-corrected chi connectivity index (χ3v) is 7.26. The summed E-state index contributed by atoms with van der Waals surface area (Å²) < 4.78 is 17.3. The largest absolute Gasteiger partial charge is 0.377 e. The summed E-state index contributed by atoms with van der Waals surface area (Å²) in [5.74, 6) is 0. The van der Waals surface area contributed by atoms with Crippen LogP contribution in [0.5, 0.6) is 0 Å². The lowest BCUT2D eigenvalue weighted by Gasteiger charge is -2.36. The van der Waals surface area contributed by atoms with Gasteiger partial charge in [0.1, 0.15) is 0 Å². The normalized spacial score (nSPS) is 12.6. The van der Waals surface area contributed by atoms with Crippen molar-refractivity contribution in [3.63, 3.8) is 0 Å². The number of hydrogen-bond donors (Lipinski definition) is 2. The van der Waals surface area contributed by atoms with Crippen molar-refractivity contribution in [2.45, 2.75) is 27.7 Å². The number of hydrazone groups is 1. The van der Waals surface area contributed by atoms with Gasteiger partial charge in [0.2, 0.25) is 5.58 Å². The lowest BCUT2D eigenvalue weighted by molar-refractivity contribution is -0.384. The number of nitrogens with zero attached hydrogens (tertiary/aromatic N) is 4. The van der Waals surface area contributed by atoms with Gasteiger partial charge in [-0.25, -0.2) is 9.34 Å². The second-order valence-electron chi connectivity index (χ2n) is 5.21. The summed E-state index contributed by atoms with van der Waals surface area (Å²) in [6.07, 6.45) is 0. The van der Waals surface area contributed by atoms with Crippen LogP contribution < -0.4 is 11.2 Å². The first-order valence-corrected chi connectivity index (χ1v) is 9.91. The first-order chi connectivity index (χ1) is 11.8. The monoisotopic (exact) mass is 370 g/mol. The SMILES string of the molecule is CCN(CC)P(=O)(C(N)=NNc1ccc([N+](=O)[O-])cc1)N(CC)CC. The first kappa shape index (κ1) is 21.1. The highest BCUT2D eigenvalue weighted by Crippen LogP contribution is 2.52. The Kier molecular flexibility index (Phi) is 8.02. The van der Waals surface area contributed by atoms with Crippen LogP contribution in [0.25, 0.3) is 0 Å². The number of nitrogens with two attached hydrogens (primary N) is 1. The van der Waals surface area contributed by atoms with Gasteiger partial charge in [-0.3, -0.25) is 20.1 Å². The van der Waals surface area contributed by atoms with Crippen molar-refractivity contribution in [2.24, 2.45) is 10.8 Å². The fraction of sp³-hybridized carbons (Fsp3) is 0.533. The molecule has 1 rings (SSSR count).